The SMILES string of the molecule is C=CCOC(=O)N[C@H](CC(=O)O)Cc1cccc(F)c1. The summed E-state index contributed by atoms with van der Waals surface area (Å²) in [5, 5.41) is 11.3. The predicted molar refractivity (Wildman–Crippen MR) is 70.8 cm³/mol. The highest BCUT2D eigenvalue weighted by molar-refractivity contribution is 5.71. The Kier molecular flexibility index (Phi) is 6.22. The molecule has 1 aromatic carbocycles. The lowest BCUT2D eigenvalue weighted by atomic mass is 10.0. The van der Waals surface area contributed by atoms with Crippen molar-refractivity contribution < 1.29 is 23.8 Å². The number of benzene rings is 1. The molecule has 20 heavy (non-hydrogen) atoms. The van der Waals surface area contributed by atoms with Crippen LogP contribution in [0, 0.1) is 5.82 Å². The third-order valence-electron chi connectivity index (χ3n) is 2.45. The van der Waals surface area contributed by atoms with Crippen LogP contribution >= 0.6 is 0 Å². The van der Waals surface area contributed by atoms with E-state index < -0.39 is 23.9 Å². The van der Waals surface area contributed by atoms with Crippen molar-refractivity contribution in [3.63, 3.8) is 0 Å². The minimum Gasteiger partial charge on any atom is -0.481 e. The standard InChI is InChI=1S/C14H16FNO4/c1-2-6-20-14(19)16-12(9-13(17)18)8-10-4-3-5-11(15)7-10/h2-5,7,12H,1,6,8-9H2,(H,16,19)(H,17,18)/t12-/m0/s1. The van der Waals surface area contributed by atoms with Gasteiger partial charge in [0, 0.05) is 6.04 Å². The number of alkyl carbamates (subject to hydrolysis) is 1. The van der Waals surface area contributed by atoms with Gasteiger partial charge in [0.1, 0.15) is 12.4 Å². The number of halogens is 1. The van der Waals surface area contributed by atoms with Crippen LogP contribution in [0.4, 0.5) is 9.18 Å². The molecule has 1 amide bonds. The molecule has 0 aliphatic carbocycles. The Hall–Kier alpha value is -2.37. The van der Waals surface area contributed by atoms with Crippen molar-refractivity contribution in [2.75, 3.05) is 6.61 Å². The minimum atomic E-state index is -1.06. The zero-order valence-corrected chi connectivity index (χ0v) is 10.8. The van der Waals surface area contributed by atoms with Crippen molar-refractivity contribution in [1.82, 2.24) is 5.32 Å². The Morgan fingerprint density at radius 3 is 2.85 bits per heavy atom. The summed E-state index contributed by atoms with van der Waals surface area (Å²) in [6.07, 6.45) is 0.596. The Balaban J connectivity index is 2.66. The van der Waals surface area contributed by atoms with E-state index in [0.717, 1.165) is 0 Å². The number of carbonyl (C=O) groups excluding carboxylic acids is 1. The van der Waals surface area contributed by atoms with Gasteiger partial charge in [-0.3, -0.25) is 4.79 Å². The highest BCUT2D eigenvalue weighted by Gasteiger charge is 2.17. The van der Waals surface area contributed by atoms with Gasteiger partial charge >= 0.3 is 12.1 Å². The third-order valence-corrected chi connectivity index (χ3v) is 2.45. The van der Waals surface area contributed by atoms with E-state index in [0.29, 0.717) is 5.56 Å². The Labute approximate surface area is 116 Å². The molecule has 108 valence electrons. The van der Waals surface area contributed by atoms with E-state index >= 15 is 0 Å². The molecule has 6 heteroatoms. The third kappa shape index (κ3) is 5.99. The van der Waals surface area contributed by atoms with Crippen molar-refractivity contribution in [2.45, 2.75) is 18.9 Å². The summed E-state index contributed by atoms with van der Waals surface area (Å²) in [7, 11) is 0. The molecule has 0 unspecified atom stereocenters. The Morgan fingerprint density at radius 1 is 1.50 bits per heavy atom. The van der Waals surface area contributed by atoms with Gasteiger partial charge < -0.3 is 15.2 Å². The minimum absolute atomic E-state index is 0.0333. The molecule has 0 aliphatic heterocycles. The van der Waals surface area contributed by atoms with Crippen LogP contribution in [0.15, 0.2) is 36.9 Å². The van der Waals surface area contributed by atoms with Gasteiger partial charge in [0.15, 0.2) is 0 Å². The zero-order chi connectivity index (χ0) is 15.0. The van der Waals surface area contributed by atoms with Crippen LogP contribution in [0.2, 0.25) is 0 Å². The normalized spacial score (nSPS) is 11.4. The second-order valence-electron chi connectivity index (χ2n) is 4.16. The highest BCUT2D eigenvalue weighted by Crippen LogP contribution is 2.09. The molecule has 1 atom stereocenters. The summed E-state index contributed by atoms with van der Waals surface area (Å²) in [6, 6.07) is 5.10. The first-order valence-electron chi connectivity index (χ1n) is 6.01. The molecule has 2 N–H and O–H groups in total. The summed E-state index contributed by atoms with van der Waals surface area (Å²) >= 11 is 0. The monoisotopic (exact) mass is 281 g/mol. The number of carboxylic acid groups (broad SMARTS) is 1. The lowest BCUT2D eigenvalue weighted by Crippen LogP contribution is -2.38. The largest absolute Gasteiger partial charge is 0.481 e. The molecule has 0 bridgehead atoms. The maximum Gasteiger partial charge on any atom is 0.407 e. The van der Waals surface area contributed by atoms with Crippen molar-refractivity contribution in [3.8, 4) is 0 Å². The van der Waals surface area contributed by atoms with Gasteiger partial charge in [-0.1, -0.05) is 24.8 Å². The van der Waals surface area contributed by atoms with E-state index in [1.807, 2.05) is 0 Å². The summed E-state index contributed by atoms with van der Waals surface area (Å²) in [5.41, 5.74) is 0.597. The van der Waals surface area contributed by atoms with Gasteiger partial charge in [-0.2, -0.15) is 0 Å². The van der Waals surface area contributed by atoms with E-state index in [4.69, 9.17) is 9.84 Å². The summed E-state index contributed by atoms with van der Waals surface area (Å²) in [6.45, 7) is 3.43. The van der Waals surface area contributed by atoms with Crippen LogP contribution in [0.3, 0.4) is 0 Å². The number of carbonyl (C=O) groups is 2. The molecule has 0 aliphatic rings. The van der Waals surface area contributed by atoms with Crippen molar-refractivity contribution >= 4 is 12.1 Å². The number of nitrogens with one attached hydrogen (secondary N) is 1. The zero-order valence-electron chi connectivity index (χ0n) is 10.8. The van der Waals surface area contributed by atoms with E-state index in [-0.39, 0.29) is 19.4 Å². The maximum absolute atomic E-state index is 13.1. The lowest BCUT2D eigenvalue weighted by Gasteiger charge is -2.16. The van der Waals surface area contributed by atoms with Crippen molar-refractivity contribution in [1.29, 1.82) is 0 Å². The van der Waals surface area contributed by atoms with Gasteiger partial charge in [-0.05, 0) is 24.1 Å². The molecule has 0 saturated carbocycles. The lowest BCUT2D eigenvalue weighted by molar-refractivity contribution is -0.137. The second kappa shape index (κ2) is 7.93. The number of hydrogen-bond acceptors (Lipinski definition) is 3. The van der Waals surface area contributed by atoms with E-state index in [2.05, 4.69) is 11.9 Å². The van der Waals surface area contributed by atoms with Gasteiger partial charge in [-0.25, -0.2) is 9.18 Å². The fraction of sp³-hybridized carbons (Fsp3) is 0.286. The predicted octanol–water partition coefficient (Wildman–Crippen LogP) is 2.12. The maximum atomic E-state index is 13.1. The molecule has 0 heterocycles. The van der Waals surface area contributed by atoms with E-state index in [1.165, 1.54) is 24.3 Å². The molecular weight excluding hydrogens is 265 g/mol. The average Bonchev–Trinajstić information content (AvgIpc) is 2.35. The smallest absolute Gasteiger partial charge is 0.407 e. The quantitative estimate of drug-likeness (QED) is 0.751. The molecule has 0 radical (unpaired) electrons. The van der Waals surface area contributed by atoms with Crippen LogP contribution in [-0.2, 0) is 16.0 Å². The van der Waals surface area contributed by atoms with Crippen LogP contribution in [0.25, 0.3) is 0 Å². The van der Waals surface area contributed by atoms with Gasteiger partial charge in [0.2, 0.25) is 0 Å². The molecular formula is C14H16FNO4. The van der Waals surface area contributed by atoms with E-state index in [9.17, 15) is 14.0 Å². The van der Waals surface area contributed by atoms with Crippen LogP contribution in [-0.4, -0.2) is 29.8 Å². The molecule has 0 fully saturated rings. The van der Waals surface area contributed by atoms with Gasteiger partial charge in [-0.15, -0.1) is 0 Å². The number of hydrogen-bond donors (Lipinski definition) is 2. The van der Waals surface area contributed by atoms with Crippen LogP contribution < -0.4 is 5.32 Å². The van der Waals surface area contributed by atoms with Gasteiger partial charge in [0.25, 0.3) is 0 Å². The molecule has 1 rings (SSSR count). The van der Waals surface area contributed by atoms with Crippen LogP contribution in [0.5, 0.6) is 0 Å². The molecule has 0 saturated heterocycles. The summed E-state index contributed by atoms with van der Waals surface area (Å²) < 4.78 is 17.8. The summed E-state index contributed by atoms with van der Waals surface area (Å²) in [5.74, 6) is -1.47. The Bertz CT molecular complexity index is 490. The molecule has 1 aromatic rings. The molecule has 0 aromatic heterocycles. The number of amides is 1. The number of rotatable bonds is 7. The number of ether oxygens (including phenoxy) is 1. The first-order valence-corrected chi connectivity index (χ1v) is 6.01. The highest BCUT2D eigenvalue weighted by atomic mass is 19.1. The van der Waals surface area contributed by atoms with Crippen molar-refractivity contribution in [3.05, 3.63) is 48.3 Å². The first-order chi connectivity index (χ1) is 9.51. The summed E-state index contributed by atoms with van der Waals surface area (Å²) in [4.78, 5) is 22.2. The average molecular weight is 281 g/mol. The fourth-order valence-corrected chi connectivity index (χ4v) is 1.68. The van der Waals surface area contributed by atoms with Crippen LogP contribution in [0.1, 0.15) is 12.0 Å². The fourth-order valence-electron chi connectivity index (χ4n) is 1.68. The Morgan fingerprint density at radius 2 is 2.25 bits per heavy atom. The van der Waals surface area contributed by atoms with E-state index in [1.54, 1.807) is 6.07 Å². The topological polar surface area (TPSA) is 75.6 Å². The first kappa shape index (κ1) is 15.7. The molecule has 0 spiro atoms. The van der Waals surface area contributed by atoms with Crippen molar-refractivity contribution in [2.24, 2.45) is 0 Å². The van der Waals surface area contributed by atoms with Gasteiger partial charge in [0.05, 0.1) is 6.42 Å². The second-order valence-corrected chi connectivity index (χ2v) is 4.16. The number of carboxylic acids is 1. The number of aliphatic carboxylic acids is 1. The molecule has 5 nitrogen and oxygen atoms in total.